The number of ether oxygens (including phenoxy) is 1. The van der Waals surface area contributed by atoms with Gasteiger partial charge in [-0.1, -0.05) is 24.3 Å². The molecule has 0 unspecified atom stereocenters. The van der Waals surface area contributed by atoms with Gasteiger partial charge in [-0.25, -0.2) is 4.79 Å². The summed E-state index contributed by atoms with van der Waals surface area (Å²) in [6.45, 7) is 9.87. The molecule has 0 atom stereocenters. The first-order chi connectivity index (χ1) is 14.8. The summed E-state index contributed by atoms with van der Waals surface area (Å²) in [4.78, 5) is 39.3. The van der Waals surface area contributed by atoms with Crippen LogP contribution in [0.15, 0.2) is 35.9 Å². The lowest BCUT2D eigenvalue weighted by Gasteiger charge is -2.11. The number of fused-ring (bicyclic) bond motifs is 1. The van der Waals surface area contributed by atoms with Crippen LogP contribution in [0.4, 0.5) is 0 Å². The number of allylic oxidation sites excluding steroid dienone is 1. The van der Waals surface area contributed by atoms with Crippen LogP contribution in [0.3, 0.4) is 0 Å². The number of rotatable bonds is 4. The van der Waals surface area contributed by atoms with E-state index in [1.165, 1.54) is 11.3 Å². The molecule has 1 aromatic carbocycles. The largest absolute Gasteiger partial charge is 0.462 e. The second-order valence-electron chi connectivity index (χ2n) is 7.61. The molecule has 0 spiro atoms. The molecule has 0 bridgehead atoms. The fraction of sp³-hybridized carbons (Fsp3) is 0.240. The van der Waals surface area contributed by atoms with Crippen molar-refractivity contribution in [2.75, 3.05) is 6.61 Å². The Morgan fingerprint density at radius 1 is 1.06 bits per heavy atom. The SMILES string of the molecule is CCOC(=O)c1c(-n2c(C)cc(C=C3C(=O)c4ccccc4C3=O)c2C)sc(C)c1C. The highest BCUT2D eigenvalue weighted by Gasteiger charge is 2.33. The van der Waals surface area contributed by atoms with Gasteiger partial charge in [-0.3, -0.25) is 9.59 Å². The third-order valence-electron chi connectivity index (χ3n) is 5.73. The van der Waals surface area contributed by atoms with E-state index in [9.17, 15) is 14.4 Å². The van der Waals surface area contributed by atoms with Gasteiger partial charge >= 0.3 is 5.97 Å². The van der Waals surface area contributed by atoms with Crippen molar-refractivity contribution in [1.82, 2.24) is 4.57 Å². The van der Waals surface area contributed by atoms with E-state index in [0.717, 1.165) is 32.4 Å². The minimum Gasteiger partial charge on any atom is -0.462 e. The van der Waals surface area contributed by atoms with E-state index >= 15 is 0 Å². The van der Waals surface area contributed by atoms with Gasteiger partial charge in [0.05, 0.1) is 17.7 Å². The van der Waals surface area contributed by atoms with Crippen LogP contribution in [0.1, 0.15) is 65.4 Å². The van der Waals surface area contributed by atoms with E-state index in [1.54, 1.807) is 37.3 Å². The molecule has 158 valence electrons. The zero-order valence-corrected chi connectivity index (χ0v) is 19.0. The summed E-state index contributed by atoms with van der Waals surface area (Å²) in [6, 6.07) is 8.82. The van der Waals surface area contributed by atoms with Gasteiger partial charge in [0.2, 0.25) is 0 Å². The highest BCUT2D eigenvalue weighted by molar-refractivity contribution is 7.15. The molecule has 31 heavy (non-hydrogen) atoms. The van der Waals surface area contributed by atoms with Crippen LogP contribution in [-0.4, -0.2) is 28.7 Å². The minimum atomic E-state index is -0.344. The van der Waals surface area contributed by atoms with Gasteiger partial charge in [-0.05, 0) is 57.9 Å². The number of Topliss-reactive ketones (excluding diaryl/α,β-unsaturated/α-hetero) is 2. The summed E-state index contributed by atoms with van der Waals surface area (Å²) in [5, 5.41) is 0.792. The number of hydrogen-bond donors (Lipinski definition) is 0. The van der Waals surface area contributed by atoms with Gasteiger partial charge in [0.1, 0.15) is 5.00 Å². The maximum Gasteiger partial charge on any atom is 0.341 e. The van der Waals surface area contributed by atoms with E-state index in [0.29, 0.717) is 23.3 Å². The zero-order chi connectivity index (χ0) is 22.4. The highest BCUT2D eigenvalue weighted by Crippen LogP contribution is 2.36. The molecule has 3 aromatic rings. The number of hydrogen-bond acceptors (Lipinski definition) is 5. The van der Waals surface area contributed by atoms with Crippen LogP contribution < -0.4 is 0 Å². The Balaban J connectivity index is 1.84. The lowest BCUT2D eigenvalue weighted by molar-refractivity contribution is 0.0526. The quantitative estimate of drug-likeness (QED) is 0.313. The molecule has 0 fully saturated rings. The first kappa shape index (κ1) is 21.0. The number of carbonyl (C=O) groups is 3. The predicted molar refractivity (Wildman–Crippen MR) is 122 cm³/mol. The summed E-state index contributed by atoms with van der Waals surface area (Å²) in [6.07, 6.45) is 1.67. The Morgan fingerprint density at radius 2 is 1.68 bits per heavy atom. The number of thiophene rings is 1. The first-order valence-corrected chi connectivity index (χ1v) is 10.9. The third-order valence-corrected chi connectivity index (χ3v) is 6.92. The standard InChI is InChI=1S/C25H23NO4S/c1-6-30-25(29)21-14(3)16(5)31-24(21)26-13(2)11-17(15(26)4)12-20-22(27)18-9-7-8-10-19(18)23(20)28/h7-12H,6H2,1-5H3. The minimum absolute atomic E-state index is 0.172. The Kier molecular flexibility index (Phi) is 5.27. The Hall–Kier alpha value is -3.25. The fourth-order valence-corrected chi connectivity index (χ4v) is 5.27. The molecular weight excluding hydrogens is 410 g/mol. The van der Waals surface area contributed by atoms with Crippen molar-refractivity contribution in [1.29, 1.82) is 0 Å². The molecule has 1 aliphatic carbocycles. The summed E-state index contributed by atoms with van der Waals surface area (Å²) >= 11 is 1.53. The Labute approximate surface area is 185 Å². The first-order valence-electron chi connectivity index (χ1n) is 10.1. The normalized spacial score (nSPS) is 13.0. The van der Waals surface area contributed by atoms with Crippen molar-refractivity contribution < 1.29 is 19.1 Å². The monoisotopic (exact) mass is 433 g/mol. The number of ketones is 2. The topological polar surface area (TPSA) is 65.4 Å². The molecule has 1 aliphatic rings. The van der Waals surface area contributed by atoms with Gasteiger partial charge in [0.15, 0.2) is 11.6 Å². The second-order valence-corrected chi connectivity index (χ2v) is 8.81. The lowest BCUT2D eigenvalue weighted by atomic mass is 10.1. The van der Waals surface area contributed by atoms with E-state index < -0.39 is 0 Å². The maximum atomic E-state index is 12.8. The molecule has 0 N–H and O–H groups in total. The van der Waals surface area contributed by atoms with E-state index in [2.05, 4.69) is 0 Å². The van der Waals surface area contributed by atoms with Gasteiger partial charge in [-0.15, -0.1) is 11.3 Å². The molecule has 6 heteroatoms. The average molecular weight is 434 g/mol. The van der Waals surface area contributed by atoms with Crippen LogP contribution in [0, 0.1) is 27.7 Å². The number of aryl methyl sites for hydroxylation is 2. The molecule has 2 heterocycles. The van der Waals surface area contributed by atoms with Crippen LogP contribution in [0.2, 0.25) is 0 Å². The van der Waals surface area contributed by atoms with Gasteiger partial charge in [0, 0.05) is 27.4 Å². The van der Waals surface area contributed by atoms with Crippen molar-refractivity contribution in [2.45, 2.75) is 34.6 Å². The molecule has 2 aromatic heterocycles. The number of esters is 1. The Bertz CT molecular complexity index is 1250. The van der Waals surface area contributed by atoms with Gasteiger partial charge in [-0.2, -0.15) is 0 Å². The molecule has 0 radical (unpaired) electrons. The molecular formula is C25H23NO4S. The predicted octanol–water partition coefficient (Wildman–Crippen LogP) is 5.41. The van der Waals surface area contributed by atoms with Gasteiger partial charge in [0.25, 0.3) is 0 Å². The summed E-state index contributed by atoms with van der Waals surface area (Å²) in [7, 11) is 0. The summed E-state index contributed by atoms with van der Waals surface area (Å²) in [5.74, 6) is -0.843. The third kappa shape index (κ3) is 3.27. The fourth-order valence-electron chi connectivity index (χ4n) is 4.02. The van der Waals surface area contributed by atoms with Crippen molar-refractivity contribution >= 4 is 34.9 Å². The highest BCUT2D eigenvalue weighted by atomic mass is 32.1. The lowest BCUT2D eigenvalue weighted by Crippen LogP contribution is -2.10. The van der Waals surface area contributed by atoms with Crippen LogP contribution in [0.25, 0.3) is 11.1 Å². The number of nitrogens with zero attached hydrogens (tertiary/aromatic N) is 1. The van der Waals surface area contributed by atoms with Crippen molar-refractivity contribution in [3.05, 3.63) is 80.0 Å². The number of carbonyl (C=O) groups excluding carboxylic acids is 3. The zero-order valence-electron chi connectivity index (χ0n) is 18.2. The summed E-state index contributed by atoms with van der Waals surface area (Å²) < 4.78 is 7.30. The van der Waals surface area contributed by atoms with Crippen molar-refractivity contribution in [3.63, 3.8) is 0 Å². The van der Waals surface area contributed by atoms with Crippen molar-refractivity contribution in [2.24, 2.45) is 0 Å². The van der Waals surface area contributed by atoms with Crippen LogP contribution >= 0.6 is 11.3 Å². The molecule has 0 aliphatic heterocycles. The smallest absolute Gasteiger partial charge is 0.341 e. The number of aromatic nitrogens is 1. The maximum absolute atomic E-state index is 12.8. The molecule has 5 nitrogen and oxygen atoms in total. The van der Waals surface area contributed by atoms with Gasteiger partial charge < -0.3 is 9.30 Å². The number of benzene rings is 1. The molecule has 0 saturated heterocycles. The Morgan fingerprint density at radius 3 is 2.26 bits per heavy atom. The second kappa shape index (κ2) is 7.78. The van der Waals surface area contributed by atoms with Crippen molar-refractivity contribution in [3.8, 4) is 5.00 Å². The van der Waals surface area contributed by atoms with E-state index in [4.69, 9.17) is 4.74 Å². The van der Waals surface area contributed by atoms with Crippen LogP contribution in [0.5, 0.6) is 0 Å². The molecule has 0 saturated carbocycles. The van der Waals surface area contributed by atoms with E-state index in [-0.39, 0.29) is 23.1 Å². The van der Waals surface area contributed by atoms with Crippen LogP contribution in [-0.2, 0) is 4.74 Å². The molecule has 4 rings (SSSR count). The molecule has 0 amide bonds. The summed E-state index contributed by atoms with van der Waals surface area (Å²) in [5.41, 5.74) is 5.07. The van der Waals surface area contributed by atoms with E-state index in [1.807, 2.05) is 38.3 Å². The average Bonchev–Trinajstić information content (AvgIpc) is 3.28.